The lowest BCUT2D eigenvalue weighted by Crippen LogP contribution is -2.09. The van der Waals surface area contributed by atoms with Gasteiger partial charge in [-0.05, 0) is 19.1 Å². The first-order valence-corrected chi connectivity index (χ1v) is 6.42. The largest absolute Gasteiger partial charge is 0.464 e. The van der Waals surface area contributed by atoms with Crippen LogP contribution in [-0.2, 0) is 11.3 Å². The summed E-state index contributed by atoms with van der Waals surface area (Å²) in [5.74, 6) is -0.0226. The van der Waals surface area contributed by atoms with Crippen LogP contribution >= 0.6 is 11.3 Å². The third kappa shape index (κ3) is 3.19. The number of nitrogens with two attached hydrogens (primary N) is 1. The molecule has 0 atom stereocenters. The highest BCUT2D eigenvalue weighted by Crippen LogP contribution is 2.19. The van der Waals surface area contributed by atoms with Crippen molar-refractivity contribution in [2.24, 2.45) is 0 Å². The van der Waals surface area contributed by atoms with Crippen molar-refractivity contribution in [1.82, 2.24) is 9.97 Å². The average molecular weight is 278 g/mol. The van der Waals surface area contributed by atoms with Gasteiger partial charge >= 0.3 is 5.97 Å². The number of aryl methyl sites for hydroxylation is 1. The molecule has 2 rings (SSSR count). The summed E-state index contributed by atoms with van der Waals surface area (Å²) in [6.07, 6.45) is 1.80. The Morgan fingerprint density at radius 2 is 2.32 bits per heavy atom. The van der Waals surface area contributed by atoms with Gasteiger partial charge in [-0.2, -0.15) is 0 Å². The fourth-order valence-electron chi connectivity index (χ4n) is 1.49. The van der Waals surface area contributed by atoms with E-state index in [2.05, 4.69) is 20.0 Å². The predicted molar refractivity (Wildman–Crippen MR) is 74.2 cm³/mol. The minimum absolute atomic E-state index is 0.222. The SMILES string of the molecule is COC(=O)c1ccc(N)c(NCc2cnc(C)s2)n1. The number of methoxy groups -OCH3 is 1. The average Bonchev–Trinajstić information content (AvgIpc) is 2.82. The van der Waals surface area contributed by atoms with Gasteiger partial charge in [0.25, 0.3) is 0 Å². The van der Waals surface area contributed by atoms with E-state index in [0.717, 1.165) is 9.88 Å². The fourth-order valence-corrected chi connectivity index (χ4v) is 2.22. The molecule has 0 fully saturated rings. The van der Waals surface area contributed by atoms with Crippen molar-refractivity contribution in [3.63, 3.8) is 0 Å². The van der Waals surface area contributed by atoms with Gasteiger partial charge in [0.1, 0.15) is 0 Å². The number of aromatic nitrogens is 2. The Labute approximate surface area is 114 Å². The second-order valence-electron chi connectivity index (χ2n) is 3.83. The molecule has 0 aliphatic heterocycles. The third-order valence-electron chi connectivity index (χ3n) is 2.42. The molecule has 0 unspecified atom stereocenters. The molecule has 0 radical (unpaired) electrons. The highest BCUT2D eigenvalue weighted by molar-refractivity contribution is 7.11. The molecule has 0 aliphatic rings. The number of hydrogen-bond acceptors (Lipinski definition) is 7. The van der Waals surface area contributed by atoms with E-state index < -0.39 is 5.97 Å². The zero-order chi connectivity index (χ0) is 13.8. The quantitative estimate of drug-likeness (QED) is 0.829. The first-order valence-electron chi connectivity index (χ1n) is 5.60. The molecule has 0 spiro atoms. The number of carbonyl (C=O) groups excluding carboxylic acids is 1. The zero-order valence-corrected chi connectivity index (χ0v) is 11.5. The molecule has 0 saturated heterocycles. The highest BCUT2D eigenvalue weighted by Gasteiger charge is 2.10. The normalized spacial score (nSPS) is 10.2. The van der Waals surface area contributed by atoms with Gasteiger partial charge in [0.05, 0.1) is 24.3 Å². The van der Waals surface area contributed by atoms with Crippen LogP contribution in [0.4, 0.5) is 11.5 Å². The maximum Gasteiger partial charge on any atom is 0.356 e. The molecule has 0 saturated carbocycles. The van der Waals surface area contributed by atoms with Crippen molar-refractivity contribution in [1.29, 1.82) is 0 Å². The van der Waals surface area contributed by atoms with E-state index in [9.17, 15) is 4.79 Å². The minimum atomic E-state index is -0.489. The second-order valence-corrected chi connectivity index (χ2v) is 5.14. The Balaban J connectivity index is 2.12. The number of esters is 1. The van der Waals surface area contributed by atoms with Crippen LogP contribution in [-0.4, -0.2) is 23.0 Å². The molecular formula is C12H14N4O2S. The molecule has 2 aromatic heterocycles. The summed E-state index contributed by atoms with van der Waals surface area (Å²) in [6, 6.07) is 3.16. The van der Waals surface area contributed by atoms with Gasteiger partial charge in [-0.15, -0.1) is 11.3 Å². The van der Waals surface area contributed by atoms with E-state index in [1.54, 1.807) is 23.6 Å². The Hall–Kier alpha value is -2.15. The van der Waals surface area contributed by atoms with Crippen LogP contribution in [0.2, 0.25) is 0 Å². The first-order chi connectivity index (χ1) is 9.10. The van der Waals surface area contributed by atoms with E-state index >= 15 is 0 Å². The summed E-state index contributed by atoms with van der Waals surface area (Å²) < 4.78 is 4.62. The van der Waals surface area contributed by atoms with Crippen LogP contribution in [0.5, 0.6) is 0 Å². The van der Waals surface area contributed by atoms with Crippen molar-refractivity contribution >= 4 is 28.8 Å². The summed E-state index contributed by atoms with van der Waals surface area (Å²) in [6.45, 7) is 2.51. The van der Waals surface area contributed by atoms with E-state index in [0.29, 0.717) is 18.1 Å². The number of nitrogens with zero attached hydrogens (tertiary/aromatic N) is 2. The van der Waals surface area contributed by atoms with Gasteiger partial charge < -0.3 is 15.8 Å². The summed E-state index contributed by atoms with van der Waals surface area (Å²) >= 11 is 1.59. The number of rotatable bonds is 4. The molecule has 0 aromatic carbocycles. The monoisotopic (exact) mass is 278 g/mol. The van der Waals surface area contributed by atoms with Crippen LogP contribution in [0.1, 0.15) is 20.4 Å². The summed E-state index contributed by atoms with van der Waals surface area (Å²) in [7, 11) is 1.31. The zero-order valence-electron chi connectivity index (χ0n) is 10.6. The minimum Gasteiger partial charge on any atom is -0.464 e. The van der Waals surface area contributed by atoms with Gasteiger partial charge in [-0.1, -0.05) is 0 Å². The molecule has 19 heavy (non-hydrogen) atoms. The summed E-state index contributed by atoms with van der Waals surface area (Å²) in [5, 5.41) is 4.09. The highest BCUT2D eigenvalue weighted by atomic mass is 32.1. The number of pyridine rings is 1. The van der Waals surface area contributed by atoms with Gasteiger partial charge in [-0.25, -0.2) is 14.8 Å². The van der Waals surface area contributed by atoms with Gasteiger partial charge in [0.2, 0.25) is 0 Å². The number of thiazole rings is 1. The Morgan fingerprint density at radius 1 is 1.53 bits per heavy atom. The lowest BCUT2D eigenvalue weighted by molar-refractivity contribution is 0.0594. The molecule has 0 amide bonds. The van der Waals surface area contributed by atoms with E-state index in [1.165, 1.54) is 13.2 Å². The topological polar surface area (TPSA) is 90.1 Å². The first kappa shape index (κ1) is 13.3. The van der Waals surface area contributed by atoms with E-state index in [-0.39, 0.29) is 5.69 Å². The van der Waals surface area contributed by atoms with Crippen LogP contribution in [0.15, 0.2) is 18.3 Å². The molecule has 100 valence electrons. The second kappa shape index (κ2) is 5.66. The molecule has 2 heterocycles. The molecule has 0 aliphatic carbocycles. The number of ether oxygens (including phenoxy) is 1. The fraction of sp³-hybridized carbons (Fsp3) is 0.250. The van der Waals surface area contributed by atoms with Crippen molar-refractivity contribution in [3.8, 4) is 0 Å². The van der Waals surface area contributed by atoms with Crippen LogP contribution in [0.3, 0.4) is 0 Å². The number of hydrogen-bond donors (Lipinski definition) is 2. The van der Waals surface area contributed by atoms with Gasteiger partial charge in [-0.3, -0.25) is 0 Å². The number of nitrogen functional groups attached to an aromatic ring is 1. The molecular weight excluding hydrogens is 264 g/mol. The smallest absolute Gasteiger partial charge is 0.356 e. The molecule has 3 N–H and O–H groups in total. The van der Waals surface area contributed by atoms with Gasteiger partial charge in [0.15, 0.2) is 11.5 Å². The van der Waals surface area contributed by atoms with E-state index in [1.807, 2.05) is 6.92 Å². The van der Waals surface area contributed by atoms with Gasteiger partial charge in [0, 0.05) is 11.1 Å². The number of anilines is 2. The standard InChI is InChI=1S/C12H14N4O2S/c1-7-14-5-8(19-7)6-15-11-9(13)3-4-10(16-11)12(17)18-2/h3-5H,6,13H2,1-2H3,(H,15,16). The van der Waals surface area contributed by atoms with Crippen molar-refractivity contribution < 1.29 is 9.53 Å². The van der Waals surface area contributed by atoms with Crippen LogP contribution in [0, 0.1) is 6.92 Å². The number of nitrogens with one attached hydrogen (secondary N) is 1. The molecule has 6 nitrogen and oxygen atoms in total. The van der Waals surface area contributed by atoms with Crippen molar-refractivity contribution in [2.75, 3.05) is 18.2 Å². The van der Waals surface area contributed by atoms with Crippen LogP contribution < -0.4 is 11.1 Å². The summed E-state index contributed by atoms with van der Waals surface area (Å²) in [4.78, 5) is 20.8. The van der Waals surface area contributed by atoms with Crippen molar-refractivity contribution in [3.05, 3.63) is 33.9 Å². The Morgan fingerprint density at radius 3 is 2.95 bits per heavy atom. The maximum atomic E-state index is 11.4. The molecule has 7 heteroatoms. The Kier molecular flexibility index (Phi) is 3.96. The molecule has 0 bridgehead atoms. The molecule has 2 aromatic rings. The predicted octanol–water partition coefficient (Wildman–Crippen LogP) is 1.83. The lowest BCUT2D eigenvalue weighted by Gasteiger charge is -2.08. The summed E-state index contributed by atoms with van der Waals surface area (Å²) in [5.41, 5.74) is 6.51. The maximum absolute atomic E-state index is 11.4. The lowest BCUT2D eigenvalue weighted by atomic mass is 10.3. The van der Waals surface area contributed by atoms with Crippen molar-refractivity contribution in [2.45, 2.75) is 13.5 Å². The van der Waals surface area contributed by atoms with E-state index in [4.69, 9.17) is 5.73 Å². The Bertz CT molecular complexity index is 597. The number of carbonyl (C=O) groups is 1. The van der Waals surface area contributed by atoms with Crippen LogP contribution in [0.25, 0.3) is 0 Å². The third-order valence-corrected chi connectivity index (χ3v) is 3.33.